The summed E-state index contributed by atoms with van der Waals surface area (Å²) in [5, 5.41) is 3.24. The third-order valence-corrected chi connectivity index (χ3v) is 4.58. The topological polar surface area (TPSA) is 38.3 Å². The van der Waals surface area contributed by atoms with Gasteiger partial charge in [0.05, 0.1) is 19.4 Å². The standard InChI is InChI=1S/C22H30N2O2/c1-4-6-7-8-12-18-26-21-20(23-5-2)16-13-17-24(3,22(21)25)19-14-10-9-11-15-19/h9-11,14-17H,4-8,12,18H2,1-3H3/p+1. The monoisotopic (exact) mass is 355 g/mol. The van der Waals surface area contributed by atoms with Crippen LogP contribution in [-0.2, 0) is 9.53 Å². The fourth-order valence-corrected chi connectivity index (χ4v) is 2.99. The van der Waals surface area contributed by atoms with Crippen molar-refractivity contribution >= 4 is 11.6 Å². The van der Waals surface area contributed by atoms with Gasteiger partial charge in [-0.25, -0.2) is 4.79 Å². The molecule has 1 heterocycles. The lowest BCUT2D eigenvalue weighted by Crippen LogP contribution is -2.47. The van der Waals surface area contributed by atoms with E-state index in [2.05, 4.69) is 18.0 Å². The quantitative estimate of drug-likeness (QED) is 0.377. The van der Waals surface area contributed by atoms with Gasteiger partial charge in [0.25, 0.3) is 0 Å². The summed E-state index contributed by atoms with van der Waals surface area (Å²) in [4.78, 5) is 13.4. The average molecular weight is 356 g/mol. The van der Waals surface area contributed by atoms with E-state index in [-0.39, 0.29) is 10.4 Å². The van der Waals surface area contributed by atoms with Crippen molar-refractivity contribution in [3.8, 4) is 0 Å². The summed E-state index contributed by atoms with van der Waals surface area (Å²) in [5.41, 5.74) is 4.75. The molecular weight excluding hydrogens is 324 g/mol. The summed E-state index contributed by atoms with van der Waals surface area (Å²) >= 11 is 0. The summed E-state index contributed by atoms with van der Waals surface area (Å²) in [6.07, 6.45) is 9.37. The van der Waals surface area contributed by atoms with Gasteiger partial charge < -0.3 is 10.1 Å². The van der Waals surface area contributed by atoms with E-state index in [1.54, 1.807) is 12.3 Å². The number of nitrogens with zero attached hydrogens (tertiary/aromatic N) is 1. The van der Waals surface area contributed by atoms with Gasteiger partial charge in [0.1, 0.15) is 5.69 Å². The van der Waals surface area contributed by atoms with Crippen LogP contribution in [0.15, 0.2) is 59.8 Å². The number of quaternary nitrogens is 1. The van der Waals surface area contributed by atoms with Crippen molar-refractivity contribution < 1.29 is 9.53 Å². The maximum atomic E-state index is 13.4. The smallest absolute Gasteiger partial charge is 0.392 e. The van der Waals surface area contributed by atoms with E-state index in [1.165, 1.54) is 19.3 Å². The highest BCUT2D eigenvalue weighted by atomic mass is 16.5. The molecule has 2 rings (SSSR count). The van der Waals surface area contributed by atoms with Gasteiger partial charge in [-0.15, -0.1) is 0 Å². The second kappa shape index (κ2) is 10.0. The van der Waals surface area contributed by atoms with Gasteiger partial charge in [0.15, 0.2) is 6.20 Å². The molecule has 1 aromatic carbocycles. The number of hydrogen-bond donors (Lipinski definition) is 1. The molecule has 1 amide bonds. The van der Waals surface area contributed by atoms with Crippen LogP contribution >= 0.6 is 0 Å². The molecule has 140 valence electrons. The number of likely N-dealkylation sites (N-methyl/N-ethyl adjacent to an activating group) is 2. The number of carbonyl (C=O) groups excluding carboxylic acids is 1. The van der Waals surface area contributed by atoms with Crippen molar-refractivity contribution in [3.63, 3.8) is 0 Å². The minimum atomic E-state index is -0.0815. The van der Waals surface area contributed by atoms with Crippen molar-refractivity contribution in [2.45, 2.75) is 46.0 Å². The maximum Gasteiger partial charge on any atom is 0.392 e. The Labute approximate surface area is 157 Å². The Kier molecular flexibility index (Phi) is 7.71. The molecular formula is C22H31N2O2+. The number of allylic oxidation sites excluding steroid dienone is 1. The number of nitrogens with one attached hydrogen (secondary N) is 1. The van der Waals surface area contributed by atoms with Crippen LogP contribution in [0.4, 0.5) is 5.69 Å². The molecule has 0 spiro atoms. The average Bonchev–Trinajstić information content (AvgIpc) is 2.78. The first-order chi connectivity index (χ1) is 12.6. The first kappa shape index (κ1) is 20.0. The number of amides is 1. The van der Waals surface area contributed by atoms with E-state index in [0.717, 1.165) is 25.1 Å². The predicted molar refractivity (Wildman–Crippen MR) is 107 cm³/mol. The number of unbranched alkanes of at least 4 members (excludes halogenated alkanes) is 4. The molecule has 1 unspecified atom stereocenters. The molecule has 0 saturated heterocycles. The summed E-state index contributed by atoms with van der Waals surface area (Å²) < 4.78 is 6.01. The second-order valence-electron chi connectivity index (χ2n) is 6.69. The number of rotatable bonds is 10. The predicted octanol–water partition coefficient (Wildman–Crippen LogP) is 4.64. The lowest BCUT2D eigenvalue weighted by Gasteiger charge is -2.26. The molecule has 1 N–H and O–H groups in total. The fraction of sp³-hybridized carbons (Fsp3) is 0.455. The van der Waals surface area contributed by atoms with E-state index >= 15 is 0 Å². The number of para-hydroxylation sites is 1. The molecule has 26 heavy (non-hydrogen) atoms. The highest BCUT2D eigenvalue weighted by Crippen LogP contribution is 2.27. The Balaban J connectivity index is 2.21. The molecule has 1 atom stereocenters. The van der Waals surface area contributed by atoms with Crippen LogP contribution in [0.25, 0.3) is 0 Å². The molecule has 4 nitrogen and oxygen atoms in total. The van der Waals surface area contributed by atoms with Crippen LogP contribution in [-0.4, -0.2) is 26.1 Å². The van der Waals surface area contributed by atoms with Gasteiger partial charge in [-0.1, -0.05) is 56.5 Å². The number of hydrogen-bond acceptors (Lipinski definition) is 3. The number of benzene rings is 1. The van der Waals surface area contributed by atoms with Crippen molar-refractivity contribution in [2.24, 2.45) is 0 Å². The second-order valence-corrected chi connectivity index (χ2v) is 6.69. The Morgan fingerprint density at radius 3 is 2.50 bits per heavy atom. The van der Waals surface area contributed by atoms with Crippen molar-refractivity contribution in [3.05, 3.63) is 59.8 Å². The lowest BCUT2D eigenvalue weighted by atomic mass is 10.2. The molecule has 1 aliphatic heterocycles. The lowest BCUT2D eigenvalue weighted by molar-refractivity contribution is -0.126. The van der Waals surface area contributed by atoms with E-state index in [4.69, 9.17) is 4.74 Å². The molecule has 4 heteroatoms. The zero-order valence-corrected chi connectivity index (χ0v) is 16.3. The Hall–Kier alpha value is -2.29. The minimum absolute atomic E-state index is 0.0113. The summed E-state index contributed by atoms with van der Waals surface area (Å²) in [5.74, 6) is 0.317. The fourth-order valence-electron chi connectivity index (χ4n) is 2.99. The van der Waals surface area contributed by atoms with Crippen LogP contribution < -0.4 is 9.80 Å². The van der Waals surface area contributed by atoms with Gasteiger partial charge in [0.2, 0.25) is 5.76 Å². The SMILES string of the molecule is CCCCCCCOC1=C(NCC)C=C=C[N+](C)(c2ccccc2)C1=O. The van der Waals surface area contributed by atoms with Crippen LogP contribution in [0, 0.1) is 0 Å². The van der Waals surface area contributed by atoms with Crippen molar-refractivity contribution in [1.29, 1.82) is 0 Å². The van der Waals surface area contributed by atoms with Crippen LogP contribution in [0.3, 0.4) is 0 Å². The van der Waals surface area contributed by atoms with E-state index in [0.29, 0.717) is 18.1 Å². The molecule has 0 radical (unpaired) electrons. The molecule has 1 aromatic rings. The Morgan fingerprint density at radius 2 is 1.81 bits per heavy atom. The molecule has 0 saturated carbocycles. The Bertz CT molecular complexity index is 687. The zero-order chi connectivity index (χ0) is 18.8. The van der Waals surface area contributed by atoms with E-state index in [9.17, 15) is 4.79 Å². The van der Waals surface area contributed by atoms with Crippen LogP contribution in [0.5, 0.6) is 0 Å². The zero-order valence-electron chi connectivity index (χ0n) is 16.3. The van der Waals surface area contributed by atoms with Crippen LogP contribution in [0.1, 0.15) is 46.0 Å². The highest BCUT2D eigenvalue weighted by Gasteiger charge is 2.39. The van der Waals surface area contributed by atoms with Gasteiger partial charge in [0, 0.05) is 24.8 Å². The highest BCUT2D eigenvalue weighted by molar-refractivity contribution is 6.02. The van der Waals surface area contributed by atoms with Gasteiger partial charge in [-0.2, -0.15) is 4.48 Å². The number of carbonyl (C=O) groups is 1. The molecule has 0 aliphatic carbocycles. The third kappa shape index (κ3) is 4.87. The summed E-state index contributed by atoms with van der Waals surface area (Å²) in [6, 6.07) is 9.74. The molecule has 0 bridgehead atoms. The molecule has 0 aromatic heterocycles. The largest absolute Gasteiger partial charge is 0.483 e. The summed E-state index contributed by atoms with van der Waals surface area (Å²) in [6.45, 7) is 5.49. The first-order valence-electron chi connectivity index (χ1n) is 9.64. The first-order valence-corrected chi connectivity index (χ1v) is 9.64. The normalized spacial score (nSPS) is 19.6. The summed E-state index contributed by atoms with van der Waals surface area (Å²) in [7, 11) is 1.87. The Morgan fingerprint density at radius 1 is 1.08 bits per heavy atom. The van der Waals surface area contributed by atoms with Gasteiger partial charge in [-0.3, -0.25) is 0 Å². The minimum Gasteiger partial charge on any atom is -0.483 e. The van der Waals surface area contributed by atoms with Crippen molar-refractivity contribution in [1.82, 2.24) is 9.80 Å². The van der Waals surface area contributed by atoms with Gasteiger partial charge >= 0.3 is 5.91 Å². The third-order valence-electron chi connectivity index (χ3n) is 4.58. The van der Waals surface area contributed by atoms with Crippen LogP contribution in [0.2, 0.25) is 0 Å². The van der Waals surface area contributed by atoms with E-state index < -0.39 is 0 Å². The van der Waals surface area contributed by atoms with Crippen molar-refractivity contribution in [2.75, 3.05) is 20.2 Å². The maximum absolute atomic E-state index is 13.4. The van der Waals surface area contributed by atoms with Gasteiger partial charge in [-0.05, 0) is 13.3 Å². The number of ether oxygens (including phenoxy) is 1. The molecule has 0 fully saturated rings. The van der Waals surface area contributed by atoms with E-state index in [1.807, 2.05) is 44.3 Å². The molecule has 1 aliphatic rings.